The van der Waals surface area contributed by atoms with E-state index in [4.69, 9.17) is 0 Å². The maximum absolute atomic E-state index is 15.0. The smallest absolute Gasteiger partial charge is 0.294 e. The van der Waals surface area contributed by atoms with Crippen molar-refractivity contribution in [2.75, 3.05) is 22.9 Å². The van der Waals surface area contributed by atoms with Gasteiger partial charge in [0, 0.05) is 30.0 Å². The number of carbonyl (C=O) groups is 2. The van der Waals surface area contributed by atoms with Gasteiger partial charge in [-0.2, -0.15) is 0 Å². The first-order valence-corrected chi connectivity index (χ1v) is 12.0. The summed E-state index contributed by atoms with van der Waals surface area (Å²) in [4.78, 5) is 35.1. The predicted molar refractivity (Wildman–Crippen MR) is 130 cm³/mol. The Kier molecular flexibility index (Phi) is 5.69. The fourth-order valence-corrected chi connectivity index (χ4v) is 5.63. The van der Waals surface area contributed by atoms with Gasteiger partial charge in [-0.1, -0.05) is 18.2 Å². The molecular weight excluding hydrogens is 453 g/mol. The number of aliphatic hydroxyl groups is 1. The Morgan fingerprint density at radius 3 is 2.32 bits per heavy atom. The van der Waals surface area contributed by atoms with E-state index in [9.17, 15) is 14.7 Å². The molecule has 2 aliphatic rings. The topological polar surface area (TPSA) is 73.7 Å². The minimum atomic E-state index is -1.10. The molecule has 8 heteroatoms. The molecule has 6 nitrogen and oxygen atoms in total. The number of halogens is 1. The van der Waals surface area contributed by atoms with E-state index >= 15 is 4.39 Å². The molecular formula is C26H24FN3O3S. The molecule has 0 spiro atoms. The molecule has 1 aromatic heterocycles. The number of carbonyl (C=O) groups excluding carboxylic acids is 2. The number of aliphatic hydroxyl groups excluding tert-OH is 1. The summed E-state index contributed by atoms with van der Waals surface area (Å²) >= 11 is 1.19. The third-order valence-corrected chi connectivity index (χ3v) is 7.43. The lowest BCUT2D eigenvalue weighted by Gasteiger charge is -2.28. The molecule has 3 aromatic rings. The number of Topliss-reactive ketones (excluding diaryl/α,β-unsaturated/α-hetero) is 1. The number of anilines is 2. The van der Waals surface area contributed by atoms with Gasteiger partial charge in [0.1, 0.15) is 5.82 Å². The van der Waals surface area contributed by atoms with Crippen LogP contribution >= 0.6 is 11.3 Å². The zero-order valence-electron chi connectivity index (χ0n) is 18.9. The SMILES string of the molecule is Cc1nc(C)c(C(=O)C2=C(O)C(=O)N(c3ccc(N4CCCC4)cc3)C2c2ccccc2F)s1. The van der Waals surface area contributed by atoms with Crippen molar-refractivity contribution in [2.24, 2.45) is 0 Å². The quantitative estimate of drug-likeness (QED) is 0.506. The fraction of sp³-hybridized carbons (Fsp3) is 0.269. The van der Waals surface area contributed by atoms with Gasteiger partial charge < -0.3 is 10.0 Å². The first-order chi connectivity index (χ1) is 16.4. The van der Waals surface area contributed by atoms with Crippen molar-refractivity contribution in [1.82, 2.24) is 4.98 Å². The van der Waals surface area contributed by atoms with Crippen LogP contribution in [0.25, 0.3) is 0 Å². The number of nitrogens with zero attached hydrogens (tertiary/aromatic N) is 3. The summed E-state index contributed by atoms with van der Waals surface area (Å²) in [5, 5.41) is 11.6. The second-order valence-corrected chi connectivity index (χ2v) is 9.75. The summed E-state index contributed by atoms with van der Waals surface area (Å²) < 4.78 is 15.0. The number of ketones is 1. The number of rotatable bonds is 5. The Morgan fingerprint density at radius 2 is 1.71 bits per heavy atom. The van der Waals surface area contributed by atoms with E-state index in [0.717, 1.165) is 31.6 Å². The lowest BCUT2D eigenvalue weighted by atomic mass is 9.94. The molecule has 0 radical (unpaired) electrons. The van der Waals surface area contributed by atoms with Gasteiger partial charge in [-0.15, -0.1) is 11.3 Å². The van der Waals surface area contributed by atoms with E-state index in [1.807, 2.05) is 12.1 Å². The maximum Gasteiger partial charge on any atom is 0.294 e. The van der Waals surface area contributed by atoms with Gasteiger partial charge in [-0.3, -0.25) is 14.5 Å². The Balaban J connectivity index is 1.61. The number of thiazole rings is 1. The Hall–Kier alpha value is -3.52. The highest BCUT2D eigenvalue weighted by Crippen LogP contribution is 2.43. The van der Waals surface area contributed by atoms with Crippen molar-refractivity contribution in [3.63, 3.8) is 0 Å². The number of amides is 1. The van der Waals surface area contributed by atoms with Gasteiger partial charge in [-0.25, -0.2) is 9.37 Å². The standard InChI is InChI=1S/C26H24FN3O3S/c1-15-25(34-16(2)28-15)23(31)21-22(19-7-3-4-8-20(19)27)30(26(33)24(21)32)18-11-9-17(10-12-18)29-13-5-6-14-29/h3-4,7-12,22,32H,5-6,13-14H2,1-2H3. The van der Waals surface area contributed by atoms with Gasteiger partial charge >= 0.3 is 0 Å². The van der Waals surface area contributed by atoms with Crippen molar-refractivity contribution in [3.8, 4) is 0 Å². The molecule has 174 valence electrons. The Labute approximate surface area is 201 Å². The van der Waals surface area contributed by atoms with Crippen LogP contribution in [0.4, 0.5) is 15.8 Å². The summed E-state index contributed by atoms with van der Waals surface area (Å²) in [7, 11) is 0. The third-order valence-electron chi connectivity index (χ3n) is 6.36. The molecule has 1 fully saturated rings. The summed E-state index contributed by atoms with van der Waals surface area (Å²) in [5.74, 6) is -2.47. The van der Waals surface area contributed by atoms with Crippen molar-refractivity contribution in [3.05, 3.63) is 86.8 Å². The molecule has 1 atom stereocenters. The van der Waals surface area contributed by atoms with Crippen LogP contribution in [0.3, 0.4) is 0 Å². The van der Waals surface area contributed by atoms with Gasteiger partial charge in [0.15, 0.2) is 5.76 Å². The highest BCUT2D eigenvalue weighted by atomic mass is 32.1. The van der Waals surface area contributed by atoms with Crippen molar-refractivity contribution >= 4 is 34.4 Å². The average Bonchev–Trinajstić information content (AvgIpc) is 3.53. The summed E-state index contributed by atoms with van der Waals surface area (Å²) in [6.07, 6.45) is 2.28. The van der Waals surface area contributed by atoms with Crippen LogP contribution in [0, 0.1) is 19.7 Å². The van der Waals surface area contributed by atoms with Crippen LogP contribution in [0.5, 0.6) is 0 Å². The fourth-order valence-electron chi connectivity index (χ4n) is 4.76. The molecule has 0 saturated carbocycles. The van der Waals surface area contributed by atoms with Crippen LogP contribution in [0.15, 0.2) is 59.9 Å². The molecule has 1 amide bonds. The van der Waals surface area contributed by atoms with Crippen molar-refractivity contribution < 1.29 is 19.1 Å². The number of aryl methyl sites for hydroxylation is 2. The second kappa shape index (κ2) is 8.68. The lowest BCUT2D eigenvalue weighted by molar-refractivity contribution is -0.117. The monoisotopic (exact) mass is 477 g/mol. The molecule has 0 bridgehead atoms. The zero-order chi connectivity index (χ0) is 24.0. The molecule has 2 aliphatic heterocycles. The molecule has 5 rings (SSSR count). The Morgan fingerprint density at radius 1 is 1.06 bits per heavy atom. The highest BCUT2D eigenvalue weighted by Gasteiger charge is 2.46. The Bertz CT molecular complexity index is 1310. The molecule has 1 saturated heterocycles. The van der Waals surface area contributed by atoms with Gasteiger partial charge in [0.05, 0.1) is 27.2 Å². The molecule has 34 heavy (non-hydrogen) atoms. The highest BCUT2D eigenvalue weighted by molar-refractivity contribution is 7.14. The van der Waals surface area contributed by atoms with E-state index in [-0.39, 0.29) is 11.1 Å². The molecule has 1 unspecified atom stereocenters. The number of hydrogen-bond acceptors (Lipinski definition) is 6. The first kappa shape index (κ1) is 22.3. The molecule has 0 aliphatic carbocycles. The first-order valence-electron chi connectivity index (χ1n) is 11.2. The normalized spacial score (nSPS) is 18.3. The van der Waals surface area contributed by atoms with Crippen LogP contribution in [0.1, 0.15) is 44.8 Å². The van der Waals surface area contributed by atoms with Crippen LogP contribution < -0.4 is 9.80 Å². The molecule has 1 N–H and O–H groups in total. The van der Waals surface area contributed by atoms with Crippen molar-refractivity contribution in [1.29, 1.82) is 0 Å². The van der Waals surface area contributed by atoms with E-state index in [2.05, 4.69) is 9.88 Å². The van der Waals surface area contributed by atoms with E-state index in [0.29, 0.717) is 21.3 Å². The molecule has 3 heterocycles. The summed E-state index contributed by atoms with van der Waals surface area (Å²) in [6, 6.07) is 12.3. The van der Waals surface area contributed by atoms with Crippen LogP contribution in [-0.2, 0) is 4.79 Å². The second-order valence-electron chi connectivity index (χ2n) is 8.55. The average molecular weight is 478 g/mol. The minimum Gasteiger partial charge on any atom is -0.503 e. The zero-order valence-corrected chi connectivity index (χ0v) is 19.7. The van der Waals surface area contributed by atoms with Gasteiger partial charge in [0.25, 0.3) is 5.91 Å². The minimum absolute atomic E-state index is 0.134. The predicted octanol–water partition coefficient (Wildman–Crippen LogP) is 5.28. The number of aromatic nitrogens is 1. The third kappa shape index (κ3) is 3.68. The lowest BCUT2D eigenvalue weighted by Crippen LogP contribution is -2.31. The van der Waals surface area contributed by atoms with E-state index in [1.165, 1.54) is 28.4 Å². The van der Waals surface area contributed by atoms with E-state index in [1.54, 1.807) is 38.1 Å². The van der Waals surface area contributed by atoms with Crippen LogP contribution in [0.2, 0.25) is 0 Å². The van der Waals surface area contributed by atoms with E-state index < -0.39 is 29.3 Å². The maximum atomic E-state index is 15.0. The number of hydrogen-bond donors (Lipinski definition) is 1. The summed E-state index contributed by atoms with van der Waals surface area (Å²) in [5.41, 5.74) is 2.05. The van der Waals surface area contributed by atoms with Gasteiger partial charge in [-0.05, 0) is 57.0 Å². The summed E-state index contributed by atoms with van der Waals surface area (Å²) in [6.45, 7) is 5.45. The largest absolute Gasteiger partial charge is 0.503 e. The van der Waals surface area contributed by atoms with Crippen LogP contribution in [-0.4, -0.2) is 34.9 Å². The number of benzene rings is 2. The van der Waals surface area contributed by atoms with Gasteiger partial charge in [0.2, 0.25) is 5.78 Å². The molecule has 2 aromatic carbocycles. The van der Waals surface area contributed by atoms with Crippen molar-refractivity contribution in [2.45, 2.75) is 32.7 Å².